The van der Waals surface area contributed by atoms with Crippen molar-refractivity contribution in [1.29, 1.82) is 0 Å². The van der Waals surface area contributed by atoms with Gasteiger partial charge in [-0.1, -0.05) is 38.1 Å². The zero-order chi connectivity index (χ0) is 33.2. The fourth-order valence-electron chi connectivity index (χ4n) is 4.44. The molecule has 1 fully saturated rings. The van der Waals surface area contributed by atoms with E-state index in [1.807, 2.05) is 54.9 Å². The summed E-state index contributed by atoms with van der Waals surface area (Å²) in [6, 6.07) is 6.94. The molecule has 0 bridgehead atoms. The molecule has 0 radical (unpaired) electrons. The minimum absolute atomic E-state index is 0.168. The van der Waals surface area contributed by atoms with E-state index >= 15 is 0 Å². The van der Waals surface area contributed by atoms with Crippen molar-refractivity contribution in [3.8, 4) is 11.1 Å². The Hall–Kier alpha value is -3.98. The monoisotopic (exact) mass is 641 g/mol. The van der Waals surface area contributed by atoms with Crippen LogP contribution in [-0.4, -0.2) is 83.5 Å². The van der Waals surface area contributed by atoms with Crippen molar-refractivity contribution in [1.82, 2.24) is 20.9 Å². The molecule has 1 aliphatic rings. The molecule has 0 aliphatic carbocycles. The third-order valence-corrected chi connectivity index (χ3v) is 7.70. The standard InChI is InChI=1S/C27H37N5O4S.C2HF3O2/c1-16(2)23(31-25(34)17(3)29-4)27(36)32-11-6-9-22(32)26(35)30-21(24(28)33)14-18-7-5-8-19(13-18)20-10-12-37-15-20;3-2(4,5)1(6)7/h5,7-8,10,12-13,15-17,21-23,29H,6,9,11,14H2,1-4H3,(H2,28,33)(H,30,35)(H,31,34);(H,6,7)/t17-,21-,22-,23-;/m0./s1. The van der Waals surface area contributed by atoms with Gasteiger partial charge >= 0.3 is 12.1 Å². The minimum atomic E-state index is -5.08. The second kappa shape index (κ2) is 16.2. The molecule has 4 amide bonds. The molecule has 1 aromatic heterocycles. The van der Waals surface area contributed by atoms with Crippen molar-refractivity contribution in [3.05, 3.63) is 46.7 Å². The third-order valence-electron chi connectivity index (χ3n) is 7.02. The number of alkyl halides is 3. The molecule has 6 N–H and O–H groups in total. The van der Waals surface area contributed by atoms with Crippen LogP contribution in [0.25, 0.3) is 11.1 Å². The van der Waals surface area contributed by atoms with Crippen LogP contribution in [0.2, 0.25) is 0 Å². The highest BCUT2D eigenvalue weighted by Crippen LogP contribution is 2.24. The summed E-state index contributed by atoms with van der Waals surface area (Å²) in [6.45, 7) is 5.82. The number of nitrogens with two attached hydrogens (primary N) is 1. The minimum Gasteiger partial charge on any atom is -0.475 e. The molecule has 15 heteroatoms. The van der Waals surface area contributed by atoms with Gasteiger partial charge in [0.1, 0.15) is 18.1 Å². The Morgan fingerprint density at radius 1 is 1.09 bits per heavy atom. The van der Waals surface area contributed by atoms with Crippen LogP contribution in [-0.2, 0) is 30.4 Å². The van der Waals surface area contributed by atoms with Crippen molar-refractivity contribution in [2.24, 2.45) is 11.7 Å². The lowest BCUT2D eigenvalue weighted by Gasteiger charge is -2.31. The maximum absolute atomic E-state index is 13.4. The lowest BCUT2D eigenvalue weighted by molar-refractivity contribution is -0.192. The maximum Gasteiger partial charge on any atom is 0.490 e. The zero-order valence-electron chi connectivity index (χ0n) is 24.8. The fourth-order valence-corrected chi connectivity index (χ4v) is 5.10. The van der Waals surface area contributed by atoms with Gasteiger partial charge in [-0.25, -0.2) is 4.79 Å². The van der Waals surface area contributed by atoms with Crippen LogP contribution >= 0.6 is 11.3 Å². The summed E-state index contributed by atoms with van der Waals surface area (Å²) >= 11 is 1.60. The summed E-state index contributed by atoms with van der Waals surface area (Å²) in [7, 11) is 1.67. The first-order chi connectivity index (χ1) is 20.6. The fraction of sp³-hybridized carbons (Fsp3) is 0.483. The van der Waals surface area contributed by atoms with E-state index in [1.165, 1.54) is 4.90 Å². The first-order valence-corrected chi connectivity index (χ1v) is 14.8. The molecule has 1 aromatic carbocycles. The Bertz CT molecular complexity index is 1300. The number of aliphatic carboxylic acids is 1. The number of halogens is 3. The topological polar surface area (TPSA) is 171 Å². The van der Waals surface area contributed by atoms with Gasteiger partial charge in [-0.15, -0.1) is 0 Å². The Balaban J connectivity index is 0.000000860. The van der Waals surface area contributed by atoms with Crippen LogP contribution in [0.15, 0.2) is 41.1 Å². The average Bonchev–Trinajstić information content (AvgIpc) is 3.67. The van der Waals surface area contributed by atoms with Gasteiger partial charge in [0.25, 0.3) is 0 Å². The second-order valence-electron chi connectivity index (χ2n) is 10.6. The molecule has 4 atom stereocenters. The quantitative estimate of drug-likeness (QED) is 0.251. The van der Waals surface area contributed by atoms with E-state index in [1.54, 1.807) is 25.3 Å². The highest BCUT2D eigenvalue weighted by atomic mass is 32.1. The molecule has 2 heterocycles. The second-order valence-corrected chi connectivity index (χ2v) is 11.4. The molecule has 0 spiro atoms. The number of amides is 4. The molecule has 11 nitrogen and oxygen atoms in total. The molecule has 0 unspecified atom stereocenters. The van der Waals surface area contributed by atoms with Gasteiger partial charge in [-0.3, -0.25) is 19.2 Å². The number of nitrogens with one attached hydrogen (secondary N) is 3. The summed E-state index contributed by atoms with van der Waals surface area (Å²) in [5.41, 5.74) is 8.63. The number of primary amides is 1. The van der Waals surface area contributed by atoms with E-state index in [4.69, 9.17) is 15.6 Å². The number of carboxylic acid groups (broad SMARTS) is 1. The van der Waals surface area contributed by atoms with Gasteiger partial charge < -0.3 is 31.7 Å². The number of hydrogen-bond acceptors (Lipinski definition) is 7. The molecule has 44 heavy (non-hydrogen) atoms. The normalized spacial score (nSPS) is 16.7. The highest BCUT2D eigenvalue weighted by Gasteiger charge is 2.40. The number of likely N-dealkylation sites (tertiary alicyclic amines) is 1. The molecule has 1 aliphatic heterocycles. The number of carboxylic acids is 1. The first-order valence-electron chi connectivity index (χ1n) is 13.9. The number of benzene rings is 1. The molecule has 2 aromatic rings. The van der Waals surface area contributed by atoms with E-state index < -0.39 is 48.1 Å². The van der Waals surface area contributed by atoms with Crippen molar-refractivity contribution in [2.75, 3.05) is 13.6 Å². The summed E-state index contributed by atoms with van der Waals surface area (Å²) in [5, 5.41) is 19.6. The van der Waals surface area contributed by atoms with E-state index in [0.29, 0.717) is 19.4 Å². The van der Waals surface area contributed by atoms with Crippen LogP contribution in [0.3, 0.4) is 0 Å². The predicted octanol–water partition coefficient (Wildman–Crippen LogP) is 2.30. The van der Waals surface area contributed by atoms with E-state index in [2.05, 4.69) is 16.0 Å². The number of nitrogens with zero attached hydrogens (tertiary/aromatic N) is 1. The van der Waals surface area contributed by atoms with Crippen LogP contribution in [0, 0.1) is 5.92 Å². The van der Waals surface area contributed by atoms with Crippen LogP contribution in [0.5, 0.6) is 0 Å². The van der Waals surface area contributed by atoms with Crippen molar-refractivity contribution >= 4 is 40.9 Å². The van der Waals surface area contributed by atoms with Crippen LogP contribution in [0.4, 0.5) is 13.2 Å². The number of rotatable bonds is 11. The third kappa shape index (κ3) is 10.3. The van der Waals surface area contributed by atoms with E-state index in [0.717, 1.165) is 16.7 Å². The van der Waals surface area contributed by atoms with Gasteiger partial charge in [0.15, 0.2) is 0 Å². The lowest BCUT2D eigenvalue weighted by Crippen LogP contribution is -2.58. The van der Waals surface area contributed by atoms with Crippen molar-refractivity contribution < 1.29 is 42.3 Å². The molecule has 242 valence electrons. The number of carbonyl (C=O) groups excluding carboxylic acids is 4. The summed E-state index contributed by atoms with van der Waals surface area (Å²) in [4.78, 5) is 61.8. The Morgan fingerprint density at radius 2 is 1.75 bits per heavy atom. The van der Waals surface area contributed by atoms with Gasteiger partial charge in [0.2, 0.25) is 23.6 Å². The largest absolute Gasteiger partial charge is 0.490 e. The summed E-state index contributed by atoms with van der Waals surface area (Å²) in [5.74, 6) is -4.57. The number of hydrogen-bond donors (Lipinski definition) is 5. The molecular weight excluding hydrogens is 603 g/mol. The van der Waals surface area contributed by atoms with Crippen LogP contribution in [0.1, 0.15) is 39.2 Å². The molecule has 0 saturated carbocycles. The zero-order valence-corrected chi connectivity index (χ0v) is 25.6. The molecule has 1 saturated heterocycles. The Labute approximate surface area is 257 Å². The average molecular weight is 642 g/mol. The number of thiophene rings is 1. The summed E-state index contributed by atoms with van der Waals surface area (Å²) in [6.07, 6.45) is -3.71. The SMILES string of the molecule is CN[C@@H](C)C(=O)N[C@H](C(=O)N1CCC[C@H]1C(=O)N[C@@H](Cc1cccc(-c2ccsc2)c1)C(N)=O)C(C)C.O=C(O)C(F)(F)F. The highest BCUT2D eigenvalue weighted by molar-refractivity contribution is 7.08. The van der Waals surface area contributed by atoms with Crippen molar-refractivity contribution in [2.45, 2.75) is 70.4 Å². The van der Waals surface area contributed by atoms with E-state index in [9.17, 15) is 32.3 Å². The Kier molecular flexibility index (Phi) is 13.3. The van der Waals surface area contributed by atoms with Gasteiger partial charge in [0, 0.05) is 13.0 Å². The van der Waals surface area contributed by atoms with Gasteiger partial charge in [0.05, 0.1) is 6.04 Å². The van der Waals surface area contributed by atoms with Crippen molar-refractivity contribution in [3.63, 3.8) is 0 Å². The lowest BCUT2D eigenvalue weighted by atomic mass is 10.00. The number of carbonyl (C=O) groups is 5. The Morgan fingerprint density at radius 3 is 2.27 bits per heavy atom. The predicted molar refractivity (Wildman–Crippen MR) is 158 cm³/mol. The number of likely N-dealkylation sites (N-methyl/N-ethyl adjacent to an activating group) is 1. The molecular formula is C29H38F3N5O6S. The van der Waals surface area contributed by atoms with Gasteiger partial charge in [-0.05, 0) is 66.2 Å². The summed E-state index contributed by atoms with van der Waals surface area (Å²) < 4.78 is 31.7. The van der Waals surface area contributed by atoms with E-state index in [-0.39, 0.29) is 24.2 Å². The first kappa shape index (κ1) is 36.2. The van der Waals surface area contributed by atoms with Crippen LogP contribution < -0.4 is 21.7 Å². The molecule has 3 rings (SSSR count). The maximum atomic E-state index is 13.4. The smallest absolute Gasteiger partial charge is 0.475 e. The van der Waals surface area contributed by atoms with Gasteiger partial charge in [-0.2, -0.15) is 24.5 Å².